The Morgan fingerprint density at radius 1 is 1.24 bits per heavy atom. The molecule has 2 aromatic carbocycles. The summed E-state index contributed by atoms with van der Waals surface area (Å²) < 4.78 is 19.6. The first kappa shape index (κ1) is 18.9. The normalized spacial score (nSPS) is 10.0. The van der Waals surface area contributed by atoms with Crippen molar-refractivity contribution in [3.8, 4) is 17.6 Å². The highest BCUT2D eigenvalue weighted by Gasteiger charge is 2.15. The summed E-state index contributed by atoms with van der Waals surface area (Å²) in [4.78, 5) is 12.7. The van der Waals surface area contributed by atoms with E-state index in [1.807, 2.05) is 31.2 Å². The topological polar surface area (TPSA) is 46.5 Å². The quantitative estimate of drug-likeness (QED) is 0.737. The molecular formula is C20H19FO3S. The predicted octanol–water partition coefficient (Wildman–Crippen LogP) is 4.57. The van der Waals surface area contributed by atoms with Gasteiger partial charge in [0.2, 0.25) is 0 Å². The van der Waals surface area contributed by atoms with Gasteiger partial charge in [-0.1, -0.05) is 30.7 Å². The summed E-state index contributed by atoms with van der Waals surface area (Å²) in [5.41, 5.74) is 1.16. The SMILES string of the molecule is CC#CCOc1ccc(Sc2c(CC(=O)O)ccc(F)c2CC)cc1. The monoisotopic (exact) mass is 358 g/mol. The van der Waals surface area contributed by atoms with Gasteiger partial charge in [-0.15, -0.1) is 5.92 Å². The third kappa shape index (κ3) is 5.27. The van der Waals surface area contributed by atoms with Gasteiger partial charge in [-0.05, 0) is 49.2 Å². The number of aliphatic carboxylic acids is 1. The lowest BCUT2D eigenvalue weighted by atomic mass is 10.1. The minimum absolute atomic E-state index is 0.132. The van der Waals surface area contributed by atoms with Gasteiger partial charge >= 0.3 is 5.97 Å². The Kier molecular flexibility index (Phi) is 6.91. The summed E-state index contributed by atoms with van der Waals surface area (Å²) >= 11 is 1.37. The second-order valence-electron chi connectivity index (χ2n) is 5.23. The molecule has 0 fully saturated rings. The molecule has 0 atom stereocenters. The van der Waals surface area contributed by atoms with Crippen LogP contribution in [0.1, 0.15) is 25.0 Å². The average molecular weight is 358 g/mol. The third-order valence-corrected chi connectivity index (χ3v) is 4.73. The Morgan fingerprint density at radius 3 is 2.56 bits per heavy atom. The van der Waals surface area contributed by atoms with Crippen molar-refractivity contribution in [3.63, 3.8) is 0 Å². The molecule has 0 spiro atoms. The molecule has 0 aliphatic rings. The van der Waals surface area contributed by atoms with Crippen LogP contribution in [-0.2, 0) is 17.6 Å². The standard InChI is InChI=1S/C20H19FO3S/c1-3-5-12-24-15-7-9-16(10-8-15)25-20-14(13-19(22)23)6-11-18(21)17(20)4-2/h6-11H,4,12-13H2,1-2H3,(H,22,23). The van der Waals surface area contributed by atoms with Crippen molar-refractivity contribution in [1.82, 2.24) is 0 Å². The summed E-state index contributed by atoms with van der Waals surface area (Å²) in [6, 6.07) is 10.3. The van der Waals surface area contributed by atoms with Gasteiger partial charge in [-0.3, -0.25) is 4.79 Å². The minimum Gasteiger partial charge on any atom is -0.481 e. The second kappa shape index (κ2) is 9.14. The highest BCUT2D eigenvalue weighted by atomic mass is 32.2. The van der Waals surface area contributed by atoms with Crippen LogP contribution >= 0.6 is 11.8 Å². The molecule has 0 heterocycles. The van der Waals surface area contributed by atoms with Gasteiger partial charge in [0.1, 0.15) is 18.2 Å². The van der Waals surface area contributed by atoms with Crippen LogP contribution in [0.5, 0.6) is 5.75 Å². The van der Waals surface area contributed by atoms with Gasteiger partial charge < -0.3 is 9.84 Å². The van der Waals surface area contributed by atoms with E-state index in [1.165, 1.54) is 17.8 Å². The average Bonchev–Trinajstić information content (AvgIpc) is 2.59. The molecule has 0 saturated carbocycles. The van der Waals surface area contributed by atoms with E-state index < -0.39 is 5.97 Å². The number of benzene rings is 2. The molecule has 0 unspecified atom stereocenters. The first-order chi connectivity index (χ1) is 12.0. The molecule has 25 heavy (non-hydrogen) atoms. The zero-order chi connectivity index (χ0) is 18.2. The van der Waals surface area contributed by atoms with Gasteiger partial charge in [0, 0.05) is 15.4 Å². The first-order valence-electron chi connectivity index (χ1n) is 7.87. The molecule has 0 aromatic heterocycles. The molecule has 3 nitrogen and oxygen atoms in total. The number of hydrogen-bond acceptors (Lipinski definition) is 3. The minimum atomic E-state index is -0.934. The van der Waals surface area contributed by atoms with Crippen molar-refractivity contribution in [2.75, 3.05) is 6.61 Å². The summed E-state index contributed by atoms with van der Waals surface area (Å²) in [5, 5.41) is 9.10. The third-order valence-electron chi connectivity index (χ3n) is 3.51. The number of ether oxygens (including phenoxy) is 1. The van der Waals surface area contributed by atoms with Crippen LogP contribution < -0.4 is 4.74 Å². The highest BCUT2D eigenvalue weighted by Crippen LogP contribution is 2.36. The van der Waals surface area contributed by atoms with Crippen LogP contribution in [0.4, 0.5) is 4.39 Å². The fourth-order valence-electron chi connectivity index (χ4n) is 2.32. The maximum absolute atomic E-state index is 14.1. The molecule has 1 N–H and O–H groups in total. The van der Waals surface area contributed by atoms with E-state index in [1.54, 1.807) is 13.0 Å². The molecule has 2 aromatic rings. The predicted molar refractivity (Wildman–Crippen MR) is 96.6 cm³/mol. The zero-order valence-corrected chi connectivity index (χ0v) is 15.0. The van der Waals surface area contributed by atoms with E-state index in [0.29, 0.717) is 34.8 Å². The van der Waals surface area contributed by atoms with E-state index >= 15 is 0 Å². The summed E-state index contributed by atoms with van der Waals surface area (Å²) in [6.45, 7) is 3.94. The highest BCUT2D eigenvalue weighted by molar-refractivity contribution is 7.99. The molecule has 2 rings (SSSR count). The van der Waals surface area contributed by atoms with Gasteiger partial charge in [0.05, 0.1) is 6.42 Å². The molecule has 0 aliphatic heterocycles. The van der Waals surface area contributed by atoms with Crippen molar-refractivity contribution in [1.29, 1.82) is 0 Å². The van der Waals surface area contributed by atoms with Crippen LogP contribution in [0.3, 0.4) is 0 Å². The Balaban J connectivity index is 2.27. The van der Waals surface area contributed by atoms with Gasteiger partial charge in [-0.2, -0.15) is 0 Å². The van der Waals surface area contributed by atoms with E-state index in [4.69, 9.17) is 9.84 Å². The number of carboxylic acids is 1. The fourth-order valence-corrected chi connectivity index (χ4v) is 3.47. The van der Waals surface area contributed by atoms with Gasteiger partial charge in [0.25, 0.3) is 0 Å². The zero-order valence-electron chi connectivity index (χ0n) is 14.1. The molecule has 0 radical (unpaired) electrons. The number of carbonyl (C=O) groups is 1. The van der Waals surface area contributed by atoms with Crippen LogP contribution in [0, 0.1) is 17.7 Å². The lowest BCUT2D eigenvalue weighted by Crippen LogP contribution is -2.04. The Morgan fingerprint density at radius 2 is 1.96 bits per heavy atom. The van der Waals surface area contributed by atoms with E-state index in [9.17, 15) is 9.18 Å². The van der Waals surface area contributed by atoms with Crippen molar-refractivity contribution in [2.24, 2.45) is 0 Å². The number of hydrogen-bond donors (Lipinski definition) is 1. The van der Waals surface area contributed by atoms with Gasteiger partial charge in [-0.25, -0.2) is 4.39 Å². The Hall–Kier alpha value is -2.45. The molecule has 5 heteroatoms. The van der Waals surface area contributed by atoms with E-state index in [-0.39, 0.29) is 12.2 Å². The number of carboxylic acid groups (broad SMARTS) is 1. The summed E-state index contributed by atoms with van der Waals surface area (Å²) in [6.07, 6.45) is 0.366. The van der Waals surface area contributed by atoms with Crippen molar-refractivity contribution < 1.29 is 19.0 Å². The molecular weight excluding hydrogens is 339 g/mol. The maximum atomic E-state index is 14.1. The fraction of sp³-hybridized carbons (Fsp3) is 0.250. The number of rotatable bonds is 7. The van der Waals surface area contributed by atoms with Crippen LogP contribution in [0.2, 0.25) is 0 Å². The lowest BCUT2D eigenvalue weighted by Gasteiger charge is -2.14. The largest absolute Gasteiger partial charge is 0.481 e. The summed E-state index contributed by atoms with van der Waals surface area (Å²) in [5.74, 6) is 5.04. The van der Waals surface area contributed by atoms with Crippen LogP contribution in [0.25, 0.3) is 0 Å². The van der Waals surface area contributed by atoms with Crippen molar-refractivity contribution in [2.45, 2.75) is 36.5 Å². The molecule has 0 amide bonds. The summed E-state index contributed by atoms with van der Waals surface area (Å²) in [7, 11) is 0. The molecule has 130 valence electrons. The van der Waals surface area contributed by atoms with Crippen molar-refractivity contribution in [3.05, 3.63) is 53.3 Å². The Bertz CT molecular complexity index is 804. The lowest BCUT2D eigenvalue weighted by molar-refractivity contribution is -0.136. The van der Waals surface area contributed by atoms with Crippen molar-refractivity contribution >= 4 is 17.7 Å². The molecule has 0 aliphatic carbocycles. The number of halogens is 1. The van der Waals surface area contributed by atoms with E-state index in [2.05, 4.69) is 11.8 Å². The smallest absolute Gasteiger partial charge is 0.307 e. The first-order valence-corrected chi connectivity index (χ1v) is 8.69. The van der Waals surface area contributed by atoms with Gasteiger partial charge in [0.15, 0.2) is 0 Å². The maximum Gasteiger partial charge on any atom is 0.307 e. The van der Waals surface area contributed by atoms with Crippen LogP contribution in [-0.4, -0.2) is 17.7 Å². The van der Waals surface area contributed by atoms with Crippen LogP contribution in [0.15, 0.2) is 46.2 Å². The van der Waals surface area contributed by atoms with E-state index in [0.717, 1.165) is 4.90 Å². The molecule has 0 saturated heterocycles. The molecule has 0 bridgehead atoms. The second-order valence-corrected chi connectivity index (χ2v) is 6.31. The Labute approximate surface area is 151 Å².